The van der Waals surface area contributed by atoms with Crippen molar-refractivity contribution >= 4 is 52.0 Å². The molecule has 0 saturated carbocycles. The molecule has 3 aromatic rings. The number of aromatic nitrogens is 2. The first kappa shape index (κ1) is 22.9. The zero-order valence-corrected chi connectivity index (χ0v) is 19.4. The number of nitrogens with zero attached hydrogens (tertiary/aromatic N) is 3. The van der Waals surface area contributed by atoms with Crippen molar-refractivity contribution in [3.05, 3.63) is 69.1 Å². The van der Waals surface area contributed by atoms with E-state index in [2.05, 4.69) is 20.8 Å². The highest BCUT2D eigenvalue weighted by atomic mass is 35.5. The van der Waals surface area contributed by atoms with Crippen molar-refractivity contribution in [2.24, 2.45) is 5.92 Å². The monoisotopic (exact) mass is 483 g/mol. The molecule has 10 heteroatoms. The minimum atomic E-state index is -0.470. The Morgan fingerprint density at radius 3 is 2.55 bits per heavy atom. The largest absolute Gasteiger partial charge is 0.336 e. The van der Waals surface area contributed by atoms with Crippen molar-refractivity contribution < 1.29 is 14.4 Å². The van der Waals surface area contributed by atoms with Crippen LogP contribution in [-0.2, 0) is 4.79 Å². The predicted octanol–water partition coefficient (Wildman–Crippen LogP) is 4.24. The van der Waals surface area contributed by atoms with Gasteiger partial charge in [0.05, 0.1) is 5.92 Å². The number of likely N-dealkylation sites (tertiary alicyclic amines) is 1. The van der Waals surface area contributed by atoms with Gasteiger partial charge in [-0.2, -0.15) is 0 Å². The third-order valence-corrected chi connectivity index (χ3v) is 6.43. The van der Waals surface area contributed by atoms with Gasteiger partial charge in [-0.25, -0.2) is 0 Å². The summed E-state index contributed by atoms with van der Waals surface area (Å²) in [5, 5.41) is 14.1. The summed E-state index contributed by atoms with van der Waals surface area (Å²) in [7, 11) is 0. The highest BCUT2D eigenvalue weighted by Gasteiger charge is 2.31. The van der Waals surface area contributed by atoms with Gasteiger partial charge >= 0.3 is 0 Å². The van der Waals surface area contributed by atoms with E-state index >= 15 is 0 Å². The number of hydrogen-bond acceptors (Lipinski definition) is 6. The Bertz CT molecular complexity index is 1180. The number of hydrogen-bond donors (Lipinski definition) is 2. The van der Waals surface area contributed by atoms with Crippen LogP contribution in [0, 0.1) is 12.8 Å². The molecule has 1 aliphatic rings. The second-order valence-corrected chi connectivity index (χ2v) is 9.24. The standard InChI is InChI=1S/C23H22ClN5O3S/c1-14-7-9-17(10-8-14)25-19(30)15-4-3-11-29(13-15)23(32)22-28-27-21(33-22)20(31)26-18-6-2-5-16(24)12-18/h2,5-10,12,15H,3-4,11,13H2,1H3,(H,25,30)(H,26,31)/t15-/m0/s1. The van der Waals surface area contributed by atoms with Gasteiger partial charge in [0, 0.05) is 29.5 Å². The Hall–Kier alpha value is -3.30. The zero-order valence-electron chi connectivity index (χ0n) is 17.9. The van der Waals surface area contributed by atoms with Crippen LogP contribution in [0.5, 0.6) is 0 Å². The van der Waals surface area contributed by atoms with E-state index in [1.165, 1.54) is 0 Å². The third-order valence-electron chi connectivity index (χ3n) is 5.28. The van der Waals surface area contributed by atoms with Gasteiger partial charge in [-0.3, -0.25) is 14.4 Å². The molecule has 170 valence electrons. The molecule has 2 heterocycles. The summed E-state index contributed by atoms with van der Waals surface area (Å²) in [6.45, 7) is 2.80. The van der Waals surface area contributed by atoms with Crippen LogP contribution >= 0.6 is 22.9 Å². The minimum absolute atomic E-state index is 0.0731. The fourth-order valence-electron chi connectivity index (χ4n) is 3.54. The fraction of sp³-hybridized carbons (Fsp3) is 0.261. The molecular weight excluding hydrogens is 462 g/mol. The van der Waals surface area contributed by atoms with Crippen molar-refractivity contribution in [3.8, 4) is 0 Å². The molecule has 1 saturated heterocycles. The summed E-state index contributed by atoms with van der Waals surface area (Å²) in [5.74, 6) is -1.23. The van der Waals surface area contributed by atoms with E-state index in [9.17, 15) is 14.4 Å². The topological polar surface area (TPSA) is 104 Å². The lowest BCUT2D eigenvalue weighted by Crippen LogP contribution is -2.43. The Balaban J connectivity index is 1.37. The molecule has 1 aromatic heterocycles. The molecule has 33 heavy (non-hydrogen) atoms. The molecule has 0 aliphatic carbocycles. The van der Waals surface area contributed by atoms with Crippen LogP contribution in [0.3, 0.4) is 0 Å². The van der Waals surface area contributed by atoms with Crippen molar-refractivity contribution in [3.63, 3.8) is 0 Å². The molecule has 1 fully saturated rings. The average Bonchev–Trinajstić information content (AvgIpc) is 3.31. The lowest BCUT2D eigenvalue weighted by Gasteiger charge is -2.31. The highest BCUT2D eigenvalue weighted by molar-refractivity contribution is 7.15. The maximum absolute atomic E-state index is 13.0. The quantitative estimate of drug-likeness (QED) is 0.564. The van der Waals surface area contributed by atoms with E-state index in [1.54, 1.807) is 29.2 Å². The van der Waals surface area contributed by atoms with Gasteiger partial charge in [0.1, 0.15) is 0 Å². The molecule has 0 radical (unpaired) electrons. The first-order chi connectivity index (χ1) is 15.9. The first-order valence-electron chi connectivity index (χ1n) is 10.5. The summed E-state index contributed by atoms with van der Waals surface area (Å²) in [5.41, 5.74) is 2.36. The number of nitrogens with one attached hydrogen (secondary N) is 2. The van der Waals surface area contributed by atoms with Gasteiger partial charge in [0.2, 0.25) is 15.9 Å². The number of anilines is 2. The number of carbonyl (C=O) groups excluding carboxylic acids is 3. The van der Waals surface area contributed by atoms with Crippen molar-refractivity contribution in [2.45, 2.75) is 19.8 Å². The van der Waals surface area contributed by atoms with E-state index < -0.39 is 5.91 Å². The number of rotatable bonds is 5. The van der Waals surface area contributed by atoms with E-state index in [4.69, 9.17) is 11.6 Å². The number of benzene rings is 2. The fourth-order valence-corrected chi connectivity index (χ4v) is 4.44. The maximum atomic E-state index is 13.0. The van der Waals surface area contributed by atoms with Crippen molar-refractivity contribution in [1.29, 1.82) is 0 Å². The molecule has 4 rings (SSSR count). The third kappa shape index (κ3) is 5.74. The van der Waals surface area contributed by atoms with Crippen LogP contribution in [0.25, 0.3) is 0 Å². The van der Waals surface area contributed by atoms with Gasteiger partial charge in [-0.05, 0) is 50.1 Å². The summed E-state index contributed by atoms with van der Waals surface area (Å²) in [6, 6.07) is 14.3. The van der Waals surface area contributed by atoms with Gasteiger partial charge in [-0.1, -0.05) is 46.7 Å². The molecule has 2 aromatic carbocycles. The van der Waals surface area contributed by atoms with Crippen LogP contribution in [0.2, 0.25) is 5.02 Å². The number of carbonyl (C=O) groups is 3. The maximum Gasteiger partial charge on any atom is 0.286 e. The second-order valence-electron chi connectivity index (χ2n) is 7.82. The smallest absolute Gasteiger partial charge is 0.286 e. The van der Waals surface area contributed by atoms with Gasteiger partial charge in [0.15, 0.2) is 0 Å². The van der Waals surface area contributed by atoms with Crippen molar-refractivity contribution in [2.75, 3.05) is 23.7 Å². The summed E-state index contributed by atoms with van der Waals surface area (Å²) in [4.78, 5) is 39.7. The SMILES string of the molecule is Cc1ccc(NC(=O)[C@H]2CCCN(C(=O)c3nnc(C(=O)Nc4cccc(Cl)c4)s3)C2)cc1. The Kier molecular flexibility index (Phi) is 7.00. The molecule has 0 spiro atoms. The molecular formula is C23H22ClN5O3S. The van der Waals surface area contributed by atoms with E-state index in [1.807, 2.05) is 31.2 Å². The van der Waals surface area contributed by atoms with Crippen molar-refractivity contribution in [1.82, 2.24) is 15.1 Å². The van der Waals surface area contributed by atoms with Crippen LogP contribution in [0.15, 0.2) is 48.5 Å². The van der Waals surface area contributed by atoms with E-state index in [0.29, 0.717) is 36.6 Å². The number of amides is 3. The molecule has 8 nitrogen and oxygen atoms in total. The first-order valence-corrected chi connectivity index (χ1v) is 11.7. The second kappa shape index (κ2) is 10.1. The number of halogens is 1. The summed E-state index contributed by atoms with van der Waals surface area (Å²) >= 11 is 6.86. The lowest BCUT2D eigenvalue weighted by atomic mass is 9.97. The molecule has 2 N–H and O–H groups in total. The van der Waals surface area contributed by atoms with E-state index in [-0.39, 0.29) is 27.7 Å². The van der Waals surface area contributed by atoms with Crippen LogP contribution in [0.1, 0.15) is 38.0 Å². The van der Waals surface area contributed by atoms with Gasteiger partial charge in [-0.15, -0.1) is 10.2 Å². The number of aryl methyl sites for hydroxylation is 1. The minimum Gasteiger partial charge on any atom is -0.336 e. The Labute approximate surface area is 200 Å². The van der Waals surface area contributed by atoms with E-state index in [0.717, 1.165) is 22.6 Å². The molecule has 1 atom stereocenters. The Morgan fingerprint density at radius 1 is 1.03 bits per heavy atom. The average molecular weight is 484 g/mol. The van der Waals surface area contributed by atoms with Crippen LogP contribution in [0.4, 0.5) is 11.4 Å². The van der Waals surface area contributed by atoms with Gasteiger partial charge < -0.3 is 15.5 Å². The molecule has 1 aliphatic heterocycles. The zero-order chi connectivity index (χ0) is 23.4. The molecule has 0 bridgehead atoms. The highest BCUT2D eigenvalue weighted by Crippen LogP contribution is 2.23. The molecule has 3 amide bonds. The van der Waals surface area contributed by atoms with Crippen LogP contribution in [-0.4, -0.2) is 45.9 Å². The summed E-state index contributed by atoms with van der Waals surface area (Å²) < 4.78 is 0. The Morgan fingerprint density at radius 2 is 1.79 bits per heavy atom. The predicted molar refractivity (Wildman–Crippen MR) is 128 cm³/mol. The van der Waals surface area contributed by atoms with Crippen LogP contribution < -0.4 is 10.6 Å². The van der Waals surface area contributed by atoms with Gasteiger partial charge in [0.25, 0.3) is 11.8 Å². The lowest BCUT2D eigenvalue weighted by molar-refractivity contribution is -0.121. The molecule has 0 unspecified atom stereocenters. The number of piperidine rings is 1. The normalized spacial score (nSPS) is 15.7. The summed E-state index contributed by atoms with van der Waals surface area (Å²) in [6.07, 6.45) is 1.41.